The van der Waals surface area contributed by atoms with Gasteiger partial charge in [-0.3, -0.25) is 9.89 Å². The minimum atomic E-state index is -0.367. The second-order valence-electron chi connectivity index (χ2n) is 6.39. The highest BCUT2D eigenvalue weighted by Crippen LogP contribution is 2.23. The Hall–Kier alpha value is -3.19. The second-order valence-corrected chi connectivity index (χ2v) is 7.30. The average molecular weight is 436 g/mol. The molecule has 0 radical (unpaired) electrons. The first-order chi connectivity index (χ1) is 13.6. The summed E-state index contributed by atoms with van der Waals surface area (Å²) in [4.78, 5) is 17.3. The first-order valence-corrected chi connectivity index (χ1v) is 9.55. The van der Waals surface area contributed by atoms with Gasteiger partial charge in [-0.25, -0.2) is 4.98 Å². The molecule has 0 saturated carbocycles. The third-order valence-electron chi connectivity index (χ3n) is 4.49. The van der Waals surface area contributed by atoms with Gasteiger partial charge in [0.25, 0.3) is 5.91 Å². The Bertz CT molecular complexity index is 1090. The Morgan fingerprint density at radius 3 is 2.57 bits per heavy atom. The molecule has 0 aliphatic heterocycles. The number of hydrogen-bond donors (Lipinski definition) is 2. The topological polar surface area (TPSA) is 75.6 Å². The van der Waals surface area contributed by atoms with Gasteiger partial charge in [-0.1, -0.05) is 58.4 Å². The molecule has 4 rings (SSSR count). The van der Waals surface area contributed by atoms with Crippen LogP contribution in [-0.2, 0) is 7.05 Å². The van der Waals surface area contributed by atoms with E-state index in [1.54, 1.807) is 12.3 Å². The van der Waals surface area contributed by atoms with Gasteiger partial charge in [-0.05, 0) is 23.8 Å². The molecule has 2 aromatic carbocycles. The van der Waals surface area contributed by atoms with E-state index in [4.69, 9.17) is 0 Å². The number of rotatable bonds is 5. The number of amides is 1. The lowest BCUT2D eigenvalue weighted by Crippen LogP contribution is -2.31. The highest BCUT2D eigenvalue weighted by atomic mass is 79.9. The van der Waals surface area contributed by atoms with Crippen molar-refractivity contribution in [1.82, 2.24) is 25.1 Å². The fraction of sp³-hybridized carbons (Fsp3) is 0.0952. The predicted octanol–water partition coefficient (Wildman–Crippen LogP) is 4.09. The van der Waals surface area contributed by atoms with Crippen LogP contribution in [0.15, 0.2) is 77.5 Å². The lowest BCUT2D eigenvalue weighted by Gasteiger charge is -2.18. The minimum absolute atomic E-state index is 0.243. The van der Waals surface area contributed by atoms with Crippen molar-refractivity contribution in [3.63, 3.8) is 0 Å². The smallest absolute Gasteiger partial charge is 0.270 e. The number of carbonyl (C=O) groups is 1. The summed E-state index contributed by atoms with van der Waals surface area (Å²) in [6.45, 7) is 0. The van der Waals surface area contributed by atoms with E-state index in [9.17, 15) is 4.79 Å². The molecular weight excluding hydrogens is 418 g/mol. The van der Waals surface area contributed by atoms with Gasteiger partial charge in [0, 0.05) is 29.5 Å². The Morgan fingerprint density at radius 2 is 1.89 bits per heavy atom. The van der Waals surface area contributed by atoms with Gasteiger partial charge < -0.3 is 9.88 Å². The molecule has 0 aliphatic rings. The molecular formula is C21H18BrN5O. The first kappa shape index (κ1) is 18.2. The van der Waals surface area contributed by atoms with Gasteiger partial charge in [-0.2, -0.15) is 5.10 Å². The maximum absolute atomic E-state index is 12.9. The summed E-state index contributed by atoms with van der Waals surface area (Å²) in [5.41, 5.74) is 3.00. The number of imidazole rings is 1. The molecule has 0 saturated heterocycles. The standard InChI is InChI=1S/C21H18BrN5O/c1-27-12-11-23-20(27)19(15-5-3-2-4-6-15)24-21(28)18-13-17(25-26-18)14-7-9-16(22)10-8-14/h2-13,19H,1H3,(H,24,28)(H,25,26)/t19-/m1/s1. The molecule has 2 aromatic heterocycles. The molecule has 140 valence electrons. The fourth-order valence-corrected chi connectivity index (χ4v) is 3.28. The zero-order chi connectivity index (χ0) is 19.5. The van der Waals surface area contributed by atoms with E-state index in [0.29, 0.717) is 11.4 Å². The van der Waals surface area contributed by atoms with Crippen LogP contribution in [0.1, 0.15) is 27.9 Å². The number of nitrogens with zero attached hydrogens (tertiary/aromatic N) is 3. The number of aryl methyl sites for hydroxylation is 1. The highest BCUT2D eigenvalue weighted by Gasteiger charge is 2.22. The highest BCUT2D eigenvalue weighted by molar-refractivity contribution is 9.10. The van der Waals surface area contributed by atoms with Crippen LogP contribution < -0.4 is 5.32 Å². The Kier molecular flexibility index (Phi) is 5.08. The monoisotopic (exact) mass is 435 g/mol. The normalized spacial score (nSPS) is 11.9. The van der Waals surface area contributed by atoms with E-state index in [0.717, 1.165) is 21.4 Å². The summed E-state index contributed by atoms with van der Waals surface area (Å²) >= 11 is 3.42. The molecule has 1 amide bonds. The summed E-state index contributed by atoms with van der Waals surface area (Å²) in [5, 5.41) is 10.2. The molecule has 0 aliphatic carbocycles. The van der Waals surface area contributed by atoms with Crippen molar-refractivity contribution in [2.75, 3.05) is 0 Å². The summed E-state index contributed by atoms with van der Waals surface area (Å²) in [6.07, 6.45) is 3.58. The molecule has 6 nitrogen and oxygen atoms in total. The predicted molar refractivity (Wildman–Crippen MR) is 111 cm³/mol. The number of halogens is 1. The zero-order valence-corrected chi connectivity index (χ0v) is 16.7. The maximum atomic E-state index is 12.9. The van der Waals surface area contributed by atoms with Crippen molar-refractivity contribution in [2.45, 2.75) is 6.04 Å². The Balaban J connectivity index is 1.60. The van der Waals surface area contributed by atoms with Crippen LogP contribution >= 0.6 is 15.9 Å². The molecule has 1 atom stereocenters. The molecule has 2 N–H and O–H groups in total. The van der Waals surface area contributed by atoms with Crippen molar-refractivity contribution >= 4 is 21.8 Å². The van der Waals surface area contributed by atoms with Gasteiger partial charge in [0.05, 0.1) is 5.69 Å². The van der Waals surface area contributed by atoms with Crippen LogP contribution in [0.2, 0.25) is 0 Å². The maximum Gasteiger partial charge on any atom is 0.270 e. The van der Waals surface area contributed by atoms with Crippen LogP contribution in [-0.4, -0.2) is 25.7 Å². The number of carbonyl (C=O) groups excluding carboxylic acids is 1. The van der Waals surface area contributed by atoms with Crippen molar-refractivity contribution < 1.29 is 4.79 Å². The van der Waals surface area contributed by atoms with E-state index in [-0.39, 0.29) is 11.9 Å². The lowest BCUT2D eigenvalue weighted by molar-refractivity contribution is 0.0936. The van der Waals surface area contributed by atoms with Crippen molar-refractivity contribution in [1.29, 1.82) is 0 Å². The summed E-state index contributed by atoms with van der Waals surface area (Å²) < 4.78 is 2.89. The minimum Gasteiger partial charge on any atom is -0.337 e. The first-order valence-electron chi connectivity index (χ1n) is 8.76. The van der Waals surface area contributed by atoms with Crippen LogP contribution in [0.3, 0.4) is 0 Å². The van der Waals surface area contributed by atoms with E-state index in [1.807, 2.05) is 72.4 Å². The number of benzene rings is 2. The molecule has 0 fully saturated rings. The number of H-pyrrole nitrogens is 1. The molecule has 0 bridgehead atoms. The van der Waals surface area contributed by atoms with E-state index in [1.165, 1.54) is 0 Å². The molecule has 7 heteroatoms. The Morgan fingerprint density at radius 1 is 1.14 bits per heavy atom. The molecule has 4 aromatic rings. The molecule has 0 unspecified atom stereocenters. The second kappa shape index (κ2) is 7.82. The third kappa shape index (κ3) is 3.75. The van der Waals surface area contributed by atoms with Gasteiger partial charge in [0.1, 0.15) is 17.6 Å². The third-order valence-corrected chi connectivity index (χ3v) is 5.02. The quantitative estimate of drug-likeness (QED) is 0.495. The van der Waals surface area contributed by atoms with Gasteiger partial charge in [-0.15, -0.1) is 0 Å². The Labute approximate surface area is 170 Å². The molecule has 2 heterocycles. The van der Waals surface area contributed by atoms with Gasteiger partial charge in [0.2, 0.25) is 0 Å². The van der Waals surface area contributed by atoms with Gasteiger partial charge in [0.15, 0.2) is 0 Å². The average Bonchev–Trinajstić information content (AvgIpc) is 3.37. The van der Waals surface area contributed by atoms with Crippen molar-refractivity contribution in [3.8, 4) is 11.3 Å². The number of aromatic nitrogens is 4. The van der Waals surface area contributed by atoms with Crippen molar-refractivity contribution in [2.24, 2.45) is 7.05 Å². The summed E-state index contributed by atoms with van der Waals surface area (Å²) in [6, 6.07) is 18.9. The van der Waals surface area contributed by atoms with Crippen LogP contribution in [0, 0.1) is 0 Å². The largest absolute Gasteiger partial charge is 0.337 e. The van der Waals surface area contributed by atoms with Crippen LogP contribution in [0.25, 0.3) is 11.3 Å². The summed E-state index contributed by atoms with van der Waals surface area (Å²) in [7, 11) is 1.91. The summed E-state index contributed by atoms with van der Waals surface area (Å²) in [5.74, 6) is 0.514. The van der Waals surface area contributed by atoms with E-state index in [2.05, 4.69) is 36.4 Å². The molecule has 0 spiro atoms. The fourth-order valence-electron chi connectivity index (χ4n) is 3.01. The zero-order valence-electron chi connectivity index (χ0n) is 15.1. The molecule has 28 heavy (non-hydrogen) atoms. The SMILES string of the molecule is Cn1ccnc1[C@H](NC(=O)c1cc(-c2ccc(Br)cc2)n[nH]1)c1ccccc1. The van der Waals surface area contributed by atoms with E-state index >= 15 is 0 Å². The van der Waals surface area contributed by atoms with E-state index < -0.39 is 0 Å². The number of nitrogens with one attached hydrogen (secondary N) is 2. The van der Waals surface area contributed by atoms with Gasteiger partial charge >= 0.3 is 0 Å². The number of aromatic amines is 1. The lowest BCUT2D eigenvalue weighted by atomic mass is 10.1. The van der Waals surface area contributed by atoms with Crippen LogP contribution in [0.5, 0.6) is 0 Å². The van der Waals surface area contributed by atoms with Crippen LogP contribution in [0.4, 0.5) is 0 Å². The van der Waals surface area contributed by atoms with Crippen molar-refractivity contribution in [3.05, 3.63) is 94.6 Å². The number of hydrogen-bond acceptors (Lipinski definition) is 3.